The molecule has 0 heterocycles. The Morgan fingerprint density at radius 2 is 0.574 bits per heavy atom. The molecule has 54 heavy (non-hydrogen) atoms. The third-order valence-electron chi connectivity index (χ3n) is 11.4. The van der Waals surface area contributed by atoms with Gasteiger partial charge in [-0.05, 0) is 0 Å². The fraction of sp³-hybridized carbons (Fsp3) is 0.240. The first-order chi connectivity index (χ1) is 26.2. The minimum absolute atomic E-state index is 0.214. The maximum absolute atomic E-state index is 13.8. The van der Waals surface area contributed by atoms with E-state index >= 15 is 0 Å². The van der Waals surface area contributed by atoms with E-state index in [-0.39, 0.29) is 11.6 Å². The van der Waals surface area contributed by atoms with E-state index in [0.29, 0.717) is 0 Å². The normalized spacial score (nSPS) is 12.1. The second-order valence-corrected chi connectivity index (χ2v) is 35.8. The first-order valence-corrected chi connectivity index (χ1v) is 30.8. The predicted octanol–water partition coefficient (Wildman–Crippen LogP) is 13.7. The molecule has 0 saturated heterocycles. The Morgan fingerprint density at radius 1 is 0.370 bits per heavy atom. The zero-order chi connectivity index (χ0) is 38.6. The van der Waals surface area contributed by atoms with Gasteiger partial charge in [0.15, 0.2) is 0 Å². The molecule has 274 valence electrons. The van der Waals surface area contributed by atoms with Crippen molar-refractivity contribution in [3.8, 4) is 23.7 Å². The average molecular weight is 836 g/mol. The number of benzene rings is 5. The molecule has 5 aromatic carbocycles. The monoisotopic (exact) mass is 838 g/mol. The van der Waals surface area contributed by atoms with Crippen molar-refractivity contribution < 1.29 is 8.78 Å². The van der Waals surface area contributed by atoms with Gasteiger partial charge in [-0.2, -0.15) is 0 Å². The van der Waals surface area contributed by atoms with Gasteiger partial charge in [-0.25, -0.2) is 0 Å². The summed E-state index contributed by atoms with van der Waals surface area (Å²) in [7, 11) is 0. The SMILES string of the molecule is C[CH2][Ge](/[CH]=C(/c1ccc(F)cc1)c1ccc(C#Cc2ccc(C#Cc3ccc(/C(=[CH]\[Ge]([CH2]C)([CH2]C)[CH2]C)c4ccc(F)cc4)cc3)cc2)cc1)([CH2]C)[CH2]C. The Labute approximate surface area is 328 Å². The van der Waals surface area contributed by atoms with E-state index in [4.69, 9.17) is 0 Å². The molecule has 0 aliphatic rings. The van der Waals surface area contributed by atoms with E-state index < -0.39 is 26.5 Å². The van der Waals surface area contributed by atoms with Gasteiger partial charge in [0.25, 0.3) is 0 Å². The van der Waals surface area contributed by atoms with Crippen molar-refractivity contribution in [2.75, 3.05) is 0 Å². The van der Waals surface area contributed by atoms with Crippen molar-refractivity contribution in [1.29, 1.82) is 0 Å². The zero-order valence-electron chi connectivity index (χ0n) is 32.7. The van der Waals surface area contributed by atoms with Gasteiger partial charge in [0, 0.05) is 0 Å². The molecule has 0 radical (unpaired) electrons. The van der Waals surface area contributed by atoms with Gasteiger partial charge in [-0.15, -0.1) is 0 Å². The average Bonchev–Trinajstić information content (AvgIpc) is 3.22. The fourth-order valence-corrected chi connectivity index (χ4v) is 19.9. The number of halogens is 2. The van der Waals surface area contributed by atoms with E-state index in [2.05, 4.69) is 124 Å². The third-order valence-corrected chi connectivity index (χ3v) is 32.9. The molecule has 0 aliphatic heterocycles. The summed E-state index contributed by atoms with van der Waals surface area (Å²) in [6.07, 6.45) is 0. The van der Waals surface area contributed by atoms with Crippen LogP contribution in [0.1, 0.15) is 86.1 Å². The molecule has 5 aromatic rings. The van der Waals surface area contributed by atoms with Gasteiger partial charge in [0.1, 0.15) is 0 Å². The summed E-state index contributed by atoms with van der Waals surface area (Å²) in [5.41, 5.74) is 10.6. The van der Waals surface area contributed by atoms with Crippen LogP contribution in [-0.4, -0.2) is 26.5 Å². The molecule has 0 aromatic heterocycles. The summed E-state index contributed by atoms with van der Waals surface area (Å²) in [6, 6.07) is 38.8. The van der Waals surface area contributed by atoms with Crippen molar-refractivity contribution in [2.45, 2.75) is 73.1 Å². The Balaban J connectivity index is 1.31. The van der Waals surface area contributed by atoms with Gasteiger partial charge in [-0.3, -0.25) is 0 Å². The molecule has 0 nitrogen and oxygen atoms in total. The van der Waals surface area contributed by atoms with Crippen LogP contribution in [0.25, 0.3) is 11.1 Å². The first-order valence-electron chi connectivity index (χ1n) is 19.5. The molecule has 0 amide bonds. The van der Waals surface area contributed by atoms with Crippen molar-refractivity contribution in [1.82, 2.24) is 0 Å². The second kappa shape index (κ2) is 19.3. The van der Waals surface area contributed by atoms with Crippen LogP contribution in [0.2, 0.25) is 31.5 Å². The van der Waals surface area contributed by atoms with Crippen LogP contribution in [0.4, 0.5) is 8.78 Å². The van der Waals surface area contributed by atoms with Gasteiger partial charge < -0.3 is 0 Å². The summed E-state index contributed by atoms with van der Waals surface area (Å²) >= 11 is -4.37. The van der Waals surface area contributed by atoms with E-state index in [1.54, 1.807) is 24.3 Å². The van der Waals surface area contributed by atoms with Gasteiger partial charge in [0.2, 0.25) is 0 Å². The Hall–Kier alpha value is -4.35. The fourth-order valence-electron chi connectivity index (χ4n) is 7.04. The molecule has 0 bridgehead atoms. The van der Waals surface area contributed by atoms with Gasteiger partial charge in [0.05, 0.1) is 0 Å². The van der Waals surface area contributed by atoms with Gasteiger partial charge >= 0.3 is 330 Å². The molecule has 0 spiro atoms. The first kappa shape index (κ1) is 40.8. The quantitative estimate of drug-likeness (QED) is 0.0868. The molecular formula is C50H52F2Ge2. The molecule has 5 rings (SSSR count). The molecule has 0 N–H and O–H groups in total. The van der Waals surface area contributed by atoms with Crippen LogP contribution in [0, 0.1) is 35.3 Å². The Morgan fingerprint density at radius 3 is 0.796 bits per heavy atom. The number of hydrogen-bond acceptors (Lipinski definition) is 0. The van der Waals surface area contributed by atoms with Crippen LogP contribution in [0.3, 0.4) is 0 Å². The Bertz CT molecular complexity index is 1980. The number of hydrogen-bond donors (Lipinski definition) is 0. The standard InChI is InChI=1S/C50H52F2Ge2/c1-7-53(8-2,9-3)37-49(45-29-33-47(51)34-30-45)43-25-21-41(22-26-43)19-17-39-13-15-40(16-14-39)18-20-42-23-27-44(28-24-42)50(38-54(10-4,11-5)12-6)46-31-35-48(52)36-32-46/h13-16,21-38H,7-12H2,1-6H3/b49-37+,50-38+. The molecule has 0 aliphatic carbocycles. The minimum atomic E-state index is -2.19. The molecule has 4 heteroatoms. The van der Waals surface area contributed by atoms with E-state index in [1.165, 1.54) is 42.7 Å². The molecular weight excluding hydrogens is 784 g/mol. The van der Waals surface area contributed by atoms with Crippen LogP contribution in [0.15, 0.2) is 131 Å². The zero-order valence-corrected chi connectivity index (χ0v) is 36.9. The van der Waals surface area contributed by atoms with Crippen molar-refractivity contribution in [3.05, 3.63) is 187 Å². The van der Waals surface area contributed by atoms with Crippen LogP contribution >= 0.6 is 0 Å². The second-order valence-electron chi connectivity index (χ2n) is 14.2. The van der Waals surface area contributed by atoms with E-state index in [0.717, 1.165) is 44.5 Å². The van der Waals surface area contributed by atoms with Gasteiger partial charge in [-0.1, -0.05) is 0 Å². The van der Waals surface area contributed by atoms with Crippen LogP contribution in [0.5, 0.6) is 0 Å². The summed E-state index contributed by atoms with van der Waals surface area (Å²) in [6.45, 7) is 14.0. The topological polar surface area (TPSA) is 0 Å². The van der Waals surface area contributed by atoms with Crippen LogP contribution < -0.4 is 0 Å². The van der Waals surface area contributed by atoms with Crippen molar-refractivity contribution >= 4 is 37.7 Å². The maximum atomic E-state index is 13.8. The van der Waals surface area contributed by atoms with Crippen molar-refractivity contribution in [3.63, 3.8) is 0 Å². The molecule has 0 saturated carbocycles. The number of rotatable bonds is 12. The third kappa shape index (κ3) is 10.4. The predicted molar refractivity (Wildman–Crippen MR) is 233 cm³/mol. The van der Waals surface area contributed by atoms with E-state index in [1.807, 2.05) is 48.5 Å². The summed E-state index contributed by atoms with van der Waals surface area (Å²) in [4.78, 5) is 5.16. The molecule has 0 unspecified atom stereocenters. The van der Waals surface area contributed by atoms with Crippen molar-refractivity contribution in [2.24, 2.45) is 0 Å². The summed E-state index contributed by atoms with van der Waals surface area (Å²) < 4.78 is 27.6. The van der Waals surface area contributed by atoms with E-state index in [9.17, 15) is 8.78 Å². The molecule has 0 atom stereocenters. The summed E-state index contributed by atoms with van der Waals surface area (Å²) in [5, 5.41) is 7.40. The summed E-state index contributed by atoms with van der Waals surface area (Å²) in [5.74, 6) is 12.8. The molecule has 0 fully saturated rings. The van der Waals surface area contributed by atoms with Crippen LogP contribution in [-0.2, 0) is 0 Å². The Kier molecular flexibility index (Phi) is 14.6.